The van der Waals surface area contributed by atoms with E-state index in [0.29, 0.717) is 17.5 Å². The summed E-state index contributed by atoms with van der Waals surface area (Å²) in [6.45, 7) is 5.66. The van der Waals surface area contributed by atoms with Crippen LogP contribution in [0, 0.1) is 11.8 Å². The van der Waals surface area contributed by atoms with Gasteiger partial charge in [0, 0.05) is 29.2 Å². The average molecular weight is 419 g/mol. The molecule has 4 rings (SSSR count). The van der Waals surface area contributed by atoms with Crippen LogP contribution in [0.2, 0.25) is 5.02 Å². The number of anilines is 1. The Morgan fingerprint density at radius 1 is 1.14 bits per heavy atom. The second-order valence-electron chi connectivity index (χ2n) is 8.41. The first-order chi connectivity index (χ1) is 13.3. The molecule has 0 amide bonds. The third kappa shape index (κ3) is 3.93. The van der Waals surface area contributed by atoms with Crippen molar-refractivity contribution in [2.75, 3.05) is 30.6 Å². The molecule has 1 heterocycles. The molecule has 1 saturated carbocycles. The number of benzene rings is 2. The van der Waals surface area contributed by atoms with Crippen molar-refractivity contribution in [1.82, 2.24) is 4.90 Å². The van der Waals surface area contributed by atoms with Crippen LogP contribution < -0.4 is 4.72 Å². The van der Waals surface area contributed by atoms with Crippen LogP contribution in [0.4, 0.5) is 5.69 Å². The summed E-state index contributed by atoms with van der Waals surface area (Å²) in [7, 11) is -3.25. The smallest absolute Gasteiger partial charge is 0.229 e. The Bertz CT molecular complexity index is 964. The van der Waals surface area contributed by atoms with Gasteiger partial charge in [-0.2, -0.15) is 0 Å². The van der Waals surface area contributed by atoms with Gasteiger partial charge in [-0.25, -0.2) is 8.42 Å². The number of nitrogens with zero attached hydrogens (tertiary/aromatic N) is 1. The molecule has 2 atom stereocenters. The Morgan fingerprint density at radius 3 is 2.54 bits per heavy atom. The molecule has 2 aromatic carbocycles. The van der Waals surface area contributed by atoms with E-state index in [0.717, 1.165) is 37.5 Å². The average Bonchev–Trinajstić information content (AvgIpc) is 2.99. The van der Waals surface area contributed by atoms with Gasteiger partial charge >= 0.3 is 0 Å². The van der Waals surface area contributed by atoms with Gasteiger partial charge in [0.2, 0.25) is 10.0 Å². The Labute approximate surface area is 172 Å². The normalized spacial score (nSPS) is 26.8. The van der Waals surface area contributed by atoms with E-state index in [1.165, 1.54) is 17.4 Å². The molecule has 150 valence electrons. The Hall–Kier alpha value is -1.56. The number of fused-ring (bicyclic) bond motifs is 1. The molecular weight excluding hydrogens is 392 g/mol. The molecule has 1 aliphatic carbocycles. The molecule has 2 unspecified atom stereocenters. The molecule has 0 spiro atoms. The van der Waals surface area contributed by atoms with Gasteiger partial charge in [0.25, 0.3) is 0 Å². The fourth-order valence-corrected chi connectivity index (χ4v) is 5.68. The monoisotopic (exact) mass is 418 g/mol. The van der Waals surface area contributed by atoms with Gasteiger partial charge < -0.3 is 4.90 Å². The lowest BCUT2D eigenvalue weighted by Crippen LogP contribution is -2.30. The van der Waals surface area contributed by atoms with E-state index in [9.17, 15) is 8.42 Å². The summed E-state index contributed by atoms with van der Waals surface area (Å²) in [5.41, 5.74) is 3.29. The zero-order valence-corrected chi connectivity index (χ0v) is 17.9. The van der Waals surface area contributed by atoms with Crippen LogP contribution in [0.15, 0.2) is 48.5 Å². The summed E-state index contributed by atoms with van der Waals surface area (Å²) in [4.78, 5) is 2.56. The first kappa shape index (κ1) is 19.7. The molecule has 1 N–H and O–H groups in total. The van der Waals surface area contributed by atoms with Crippen LogP contribution in [0.3, 0.4) is 0 Å². The van der Waals surface area contributed by atoms with Crippen LogP contribution in [-0.4, -0.2) is 39.2 Å². The molecule has 0 bridgehead atoms. The minimum atomic E-state index is -3.25. The Kier molecular flexibility index (Phi) is 5.19. The van der Waals surface area contributed by atoms with Gasteiger partial charge in [0.05, 0.1) is 6.26 Å². The highest BCUT2D eigenvalue weighted by Crippen LogP contribution is 2.63. The first-order valence-electron chi connectivity index (χ1n) is 9.81. The summed E-state index contributed by atoms with van der Waals surface area (Å²) < 4.78 is 25.6. The van der Waals surface area contributed by atoms with Crippen molar-refractivity contribution in [3.8, 4) is 0 Å². The lowest BCUT2D eigenvalue weighted by atomic mass is 9.92. The molecule has 2 aliphatic rings. The SMILES string of the molecule is CC1(c2cccc(NS(C)(=O)=O)c2)C2CN(CCCc3ccccc3Cl)CC21. The first-order valence-corrected chi connectivity index (χ1v) is 12.1. The summed E-state index contributed by atoms with van der Waals surface area (Å²) in [5, 5.41) is 0.863. The second-order valence-corrected chi connectivity index (χ2v) is 10.6. The third-order valence-corrected chi connectivity index (χ3v) is 7.47. The zero-order chi connectivity index (χ0) is 19.9. The quantitative estimate of drug-likeness (QED) is 0.734. The summed E-state index contributed by atoms with van der Waals surface area (Å²) in [5.74, 6) is 1.31. The highest BCUT2D eigenvalue weighted by Gasteiger charge is 2.65. The molecular formula is C22H27ClN2O2S. The van der Waals surface area contributed by atoms with Crippen molar-refractivity contribution in [2.24, 2.45) is 11.8 Å². The van der Waals surface area contributed by atoms with E-state index < -0.39 is 10.0 Å². The fourth-order valence-electron chi connectivity index (χ4n) is 4.90. The molecule has 2 fully saturated rings. The number of halogens is 1. The number of hydrogen-bond donors (Lipinski definition) is 1. The van der Waals surface area contributed by atoms with E-state index >= 15 is 0 Å². The van der Waals surface area contributed by atoms with Crippen molar-refractivity contribution < 1.29 is 8.42 Å². The van der Waals surface area contributed by atoms with Crippen molar-refractivity contribution >= 4 is 27.3 Å². The summed E-state index contributed by atoms with van der Waals surface area (Å²) in [6, 6.07) is 16.0. The second kappa shape index (κ2) is 7.36. The highest BCUT2D eigenvalue weighted by atomic mass is 35.5. The minimum absolute atomic E-state index is 0.161. The predicted octanol–water partition coefficient (Wildman–Crippen LogP) is 4.16. The van der Waals surface area contributed by atoms with Crippen LogP contribution >= 0.6 is 11.6 Å². The minimum Gasteiger partial charge on any atom is -0.303 e. The van der Waals surface area contributed by atoms with Gasteiger partial charge in [-0.15, -0.1) is 0 Å². The lowest BCUT2D eigenvalue weighted by Gasteiger charge is -2.25. The van der Waals surface area contributed by atoms with E-state index in [2.05, 4.69) is 28.7 Å². The van der Waals surface area contributed by atoms with Gasteiger partial charge in [-0.05, 0) is 60.5 Å². The predicted molar refractivity (Wildman–Crippen MR) is 115 cm³/mol. The maximum atomic E-state index is 11.5. The number of sulfonamides is 1. The van der Waals surface area contributed by atoms with Crippen LogP contribution in [0.1, 0.15) is 24.5 Å². The topological polar surface area (TPSA) is 49.4 Å². The van der Waals surface area contributed by atoms with E-state index in [1.807, 2.05) is 36.4 Å². The van der Waals surface area contributed by atoms with E-state index in [4.69, 9.17) is 11.6 Å². The molecule has 2 aromatic rings. The number of piperidine rings is 1. The lowest BCUT2D eigenvalue weighted by molar-refractivity contribution is 0.274. The van der Waals surface area contributed by atoms with Crippen molar-refractivity contribution in [3.05, 3.63) is 64.7 Å². The van der Waals surface area contributed by atoms with Gasteiger partial charge in [-0.3, -0.25) is 4.72 Å². The maximum absolute atomic E-state index is 11.5. The number of rotatable bonds is 7. The molecule has 4 nitrogen and oxygen atoms in total. The van der Waals surface area contributed by atoms with Crippen molar-refractivity contribution in [1.29, 1.82) is 0 Å². The van der Waals surface area contributed by atoms with E-state index in [-0.39, 0.29) is 5.41 Å². The van der Waals surface area contributed by atoms with Gasteiger partial charge in [0.1, 0.15) is 0 Å². The van der Waals surface area contributed by atoms with Crippen LogP contribution in [0.5, 0.6) is 0 Å². The fraction of sp³-hybridized carbons (Fsp3) is 0.455. The van der Waals surface area contributed by atoms with Crippen LogP contribution in [-0.2, 0) is 21.9 Å². The molecule has 0 radical (unpaired) electrons. The number of likely N-dealkylation sites (tertiary alicyclic amines) is 1. The maximum Gasteiger partial charge on any atom is 0.229 e. The molecule has 6 heteroatoms. The number of nitrogens with one attached hydrogen (secondary N) is 1. The Morgan fingerprint density at radius 2 is 1.86 bits per heavy atom. The zero-order valence-electron chi connectivity index (χ0n) is 16.4. The van der Waals surface area contributed by atoms with E-state index in [1.54, 1.807) is 0 Å². The summed E-state index contributed by atoms with van der Waals surface area (Å²) in [6.07, 6.45) is 3.32. The molecule has 0 aromatic heterocycles. The van der Waals surface area contributed by atoms with Gasteiger partial charge in [-0.1, -0.05) is 48.9 Å². The van der Waals surface area contributed by atoms with Gasteiger partial charge in [0.15, 0.2) is 0 Å². The molecule has 1 saturated heterocycles. The standard InChI is InChI=1S/C22H27ClN2O2S/c1-22(17-9-5-10-18(13-17)24-28(2,26)27)19-14-25(15-20(19)22)12-6-8-16-7-3-4-11-21(16)23/h3-5,7,9-11,13,19-20,24H,6,8,12,14-15H2,1-2H3. The van der Waals surface area contributed by atoms with Crippen LogP contribution in [0.25, 0.3) is 0 Å². The number of hydrogen-bond acceptors (Lipinski definition) is 3. The Balaban J connectivity index is 1.33. The van der Waals surface area contributed by atoms with Crippen molar-refractivity contribution in [2.45, 2.75) is 25.2 Å². The molecule has 28 heavy (non-hydrogen) atoms. The largest absolute Gasteiger partial charge is 0.303 e. The number of aryl methyl sites for hydroxylation is 1. The third-order valence-electron chi connectivity index (χ3n) is 6.49. The van der Waals surface area contributed by atoms with Crippen molar-refractivity contribution in [3.63, 3.8) is 0 Å². The molecule has 1 aliphatic heterocycles. The summed E-state index contributed by atoms with van der Waals surface area (Å²) >= 11 is 6.25. The highest BCUT2D eigenvalue weighted by molar-refractivity contribution is 7.92.